The molecule has 0 fully saturated rings. The Balaban J connectivity index is 2.93. The maximum Gasteiger partial charge on any atom is 0.310 e. The van der Waals surface area contributed by atoms with E-state index < -0.39 is 0 Å². The van der Waals surface area contributed by atoms with Crippen molar-refractivity contribution in [1.82, 2.24) is 0 Å². The molecule has 1 rings (SSSR count). The number of halogens is 1. The van der Waals surface area contributed by atoms with Crippen molar-refractivity contribution in [2.24, 2.45) is 0 Å². The summed E-state index contributed by atoms with van der Waals surface area (Å²) in [5.74, 6) is -0.263. The molecule has 0 aliphatic carbocycles. The molecular formula is C12H13BrO3. The molecule has 0 saturated carbocycles. The molecule has 1 aromatic carbocycles. The highest BCUT2D eigenvalue weighted by Gasteiger charge is 2.10. The maximum absolute atomic E-state index is 11.3. The summed E-state index contributed by atoms with van der Waals surface area (Å²) in [7, 11) is 0. The molecule has 0 radical (unpaired) electrons. The van der Waals surface area contributed by atoms with Gasteiger partial charge in [-0.3, -0.25) is 9.59 Å². The molecule has 1 aromatic rings. The van der Waals surface area contributed by atoms with E-state index in [0.29, 0.717) is 12.2 Å². The minimum Gasteiger partial charge on any atom is -0.466 e. The number of ether oxygens (including phenoxy) is 1. The van der Waals surface area contributed by atoms with Gasteiger partial charge in [-0.15, -0.1) is 0 Å². The van der Waals surface area contributed by atoms with E-state index in [2.05, 4.69) is 15.9 Å². The first-order chi connectivity index (χ1) is 7.58. The number of rotatable bonds is 4. The highest BCUT2D eigenvalue weighted by Crippen LogP contribution is 2.21. The van der Waals surface area contributed by atoms with Crippen LogP contribution in [-0.2, 0) is 16.0 Å². The van der Waals surface area contributed by atoms with Crippen molar-refractivity contribution < 1.29 is 14.3 Å². The zero-order chi connectivity index (χ0) is 12.1. The Morgan fingerprint density at radius 1 is 1.50 bits per heavy atom. The average Bonchev–Trinajstić information content (AvgIpc) is 2.23. The number of aryl methyl sites for hydroxylation is 1. The lowest BCUT2D eigenvalue weighted by molar-refractivity contribution is -0.142. The molecule has 0 unspecified atom stereocenters. The lowest BCUT2D eigenvalue weighted by atomic mass is 10.0. The highest BCUT2D eigenvalue weighted by atomic mass is 79.9. The van der Waals surface area contributed by atoms with Crippen LogP contribution >= 0.6 is 15.9 Å². The maximum atomic E-state index is 11.3. The number of esters is 1. The lowest BCUT2D eigenvalue weighted by Crippen LogP contribution is -2.08. The number of hydrogen-bond donors (Lipinski definition) is 0. The predicted molar refractivity (Wildman–Crippen MR) is 64.6 cm³/mol. The fourth-order valence-corrected chi connectivity index (χ4v) is 1.89. The van der Waals surface area contributed by atoms with Gasteiger partial charge in [0.25, 0.3) is 0 Å². The third-order valence-corrected chi connectivity index (χ3v) is 2.94. The number of carbonyl (C=O) groups is 2. The van der Waals surface area contributed by atoms with Crippen molar-refractivity contribution in [2.75, 3.05) is 6.61 Å². The van der Waals surface area contributed by atoms with E-state index in [9.17, 15) is 9.59 Å². The van der Waals surface area contributed by atoms with E-state index in [4.69, 9.17) is 4.74 Å². The van der Waals surface area contributed by atoms with Gasteiger partial charge < -0.3 is 4.74 Å². The molecular weight excluding hydrogens is 272 g/mol. The minimum absolute atomic E-state index is 0.217. The predicted octanol–water partition coefficient (Wildman–Crippen LogP) is 2.68. The average molecular weight is 285 g/mol. The van der Waals surface area contributed by atoms with E-state index >= 15 is 0 Å². The Kier molecular flexibility index (Phi) is 4.68. The fourth-order valence-electron chi connectivity index (χ4n) is 1.39. The first-order valence-corrected chi connectivity index (χ1v) is 5.77. The Morgan fingerprint density at radius 2 is 2.19 bits per heavy atom. The third-order valence-electron chi connectivity index (χ3n) is 2.20. The van der Waals surface area contributed by atoms with E-state index in [0.717, 1.165) is 21.9 Å². The van der Waals surface area contributed by atoms with Gasteiger partial charge in [0, 0.05) is 10.0 Å². The van der Waals surface area contributed by atoms with Crippen LogP contribution in [-0.4, -0.2) is 18.9 Å². The molecule has 0 saturated heterocycles. The van der Waals surface area contributed by atoms with Gasteiger partial charge in [-0.2, -0.15) is 0 Å². The van der Waals surface area contributed by atoms with Gasteiger partial charge in [0.1, 0.15) is 6.29 Å². The SMILES string of the molecule is CCOC(=O)Cc1cc(C)c(C=O)cc1Br. The van der Waals surface area contributed by atoms with Crippen molar-refractivity contribution in [2.45, 2.75) is 20.3 Å². The molecule has 0 amide bonds. The topological polar surface area (TPSA) is 43.4 Å². The minimum atomic E-state index is -0.263. The van der Waals surface area contributed by atoms with Gasteiger partial charge in [-0.1, -0.05) is 22.0 Å². The molecule has 0 heterocycles. The Bertz CT molecular complexity index is 413. The summed E-state index contributed by atoms with van der Waals surface area (Å²) in [6.45, 7) is 3.99. The van der Waals surface area contributed by atoms with Crippen molar-refractivity contribution in [3.8, 4) is 0 Å². The highest BCUT2D eigenvalue weighted by molar-refractivity contribution is 9.10. The summed E-state index contributed by atoms with van der Waals surface area (Å²) in [5.41, 5.74) is 2.32. The lowest BCUT2D eigenvalue weighted by Gasteiger charge is -2.07. The van der Waals surface area contributed by atoms with Crippen molar-refractivity contribution in [1.29, 1.82) is 0 Å². The second-order valence-electron chi connectivity index (χ2n) is 3.40. The van der Waals surface area contributed by atoms with Crippen LogP contribution in [0.5, 0.6) is 0 Å². The largest absolute Gasteiger partial charge is 0.466 e. The smallest absolute Gasteiger partial charge is 0.310 e. The molecule has 4 heteroatoms. The summed E-state index contributed by atoms with van der Waals surface area (Å²) >= 11 is 3.34. The number of hydrogen-bond acceptors (Lipinski definition) is 3. The van der Waals surface area contributed by atoms with Crippen molar-refractivity contribution in [3.63, 3.8) is 0 Å². The summed E-state index contributed by atoms with van der Waals surface area (Å²) in [4.78, 5) is 22.0. The molecule has 0 aliphatic heterocycles. The van der Waals surface area contributed by atoms with Crippen LogP contribution in [0.1, 0.15) is 28.4 Å². The molecule has 0 aliphatic rings. The molecule has 0 spiro atoms. The van der Waals surface area contributed by atoms with Gasteiger partial charge in [-0.25, -0.2) is 0 Å². The Labute approximate surface area is 103 Å². The van der Waals surface area contributed by atoms with E-state index in [-0.39, 0.29) is 12.4 Å². The monoisotopic (exact) mass is 284 g/mol. The van der Waals surface area contributed by atoms with E-state index in [1.165, 1.54) is 0 Å². The van der Waals surface area contributed by atoms with Crippen LogP contribution in [0.25, 0.3) is 0 Å². The zero-order valence-electron chi connectivity index (χ0n) is 9.25. The molecule has 0 bridgehead atoms. The molecule has 0 aromatic heterocycles. The third kappa shape index (κ3) is 3.17. The second-order valence-corrected chi connectivity index (χ2v) is 4.25. The molecule has 16 heavy (non-hydrogen) atoms. The summed E-state index contributed by atoms with van der Waals surface area (Å²) in [6.07, 6.45) is 1.02. The van der Waals surface area contributed by atoms with Gasteiger partial charge in [0.2, 0.25) is 0 Å². The van der Waals surface area contributed by atoms with Gasteiger partial charge >= 0.3 is 5.97 Å². The fraction of sp³-hybridized carbons (Fsp3) is 0.333. The quantitative estimate of drug-likeness (QED) is 0.631. The standard InChI is InChI=1S/C12H13BrO3/c1-3-16-12(15)6-9-4-8(2)10(7-14)5-11(9)13/h4-5,7H,3,6H2,1-2H3. The van der Waals surface area contributed by atoms with Crippen molar-refractivity contribution >= 4 is 28.2 Å². The molecule has 0 N–H and O–H groups in total. The van der Waals surface area contributed by atoms with Crippen LogP contribution in [0.15, 0.2) is 16.6 Å². The van der Waals surface area contributed by atoms with E-state index in [1.54, 1.807) is 13.0 Å². The van der Waals surface area contributed by atoms with Crippen LogP contribution < -0.4 is 0 Å². The van der Waals surface area contributed by atoms with Crippen LogP contribution in [0, 0.1) is 6.92 Å². The first-order valence-electron chi connectivity index (χ1n) is 4.98. The number of aldehydes is 1. The van der Waals surface area contributed by atoms with Gasteiger partial charge in [0.15, 0.2) is 0 Å². The van der Waals surface area contributed by atoms with E-state index in [1.807, 2.05) is 13.0 Å². The number of benzene rings is 1. The van der Waals surface area contributed by atoms with Crippen LogP contribution in [0.2, 0.25) is 0 Å². The second kappa shape index (κ2) is 5.80. The van der Waals surface area contributed by atoms with Crippen LogP contribution in [0.3, 0.4) is 0 Å². The normalized spacial score (nSPS) is 9.94. The van der Waals surface area contributed by atoms with Crippen LogP contribution in [0.4, 0.5) is 0 Å². The Morgan fingerprint density at radius 3 is 2.75 bits per heavy atom. The summed E-state index contributed by atoms with van der Waals surface area (Å²) in [5, 5.41) is 0. The van der Waals surface area contributed by atoms with Gasteiger partial charge in [-0.05, 0) is 31.0 Å². The summed E-state index contributed by atoms with van der Waals surface area (Å²) < 4.78 is 5.63. The molecule has 3 nitrogen and oxygen atoms in total. The Hall–Kier alpha value is -1.16. The molecule has 0 atom stereocenters. The first kappa shape index (κ1) is 12.9. The summed E-state index contributed by atoms with van der Waals surface area (Å²) in [6, 6.07) is 3.54. The van der Waals surface area contributed by atoms with Crippen molar-refractivity contribution in [3.05, 3.63) is 33.3 Å². The molecule has 86 valence electrons. The number of carbonyl (C=O) groups excluding carboxylic acids is 2. The zero-order valence-corrected chi connectivity index (χ0v) is 10.8. The van der Waals surface area contributed by atoms with Gasteiger partial charge in [0.05, 0.1) is 13.0 Å².